The van der Waals surface area contributed by atoms with Crippen molar-refractivity contribution in [2.75, 3.05) is 5.32 Å². The highest BCUT2D eigenvalue weighted by Gasteiger charge is 2.24. The quantitative estimate of drug-likeness (QED) is 0.304. The Bertz CT molecular complexity index is 1290. The fraction of sp³-hybridized carbons (Fsp3) is 0.143. The van der Waals surface area contributed by atoms with E-state index in [1.807, 2.05) is 61.5 Å². The number of rotatable bonds is 9. The molecule has 4 aromatic rings. The zero-order valence-electron chi connectivity index (χ0n) is 19.4. The molecule has 0 radical (unpaired) electrons. The highest BCUT2D eigenvalue weighted by atomic mass is 32.1. The van der Waals surface area contributed by atoms with Crippen LogP contribution in [-0.2, 0) is 17.9 Å². The number of benzene rings is 3. The highest BCUT2D eigenvalue weighted by Crippen LogP contribution is 2.23. The molecule has 0 aliphatic carbocycles. The van der Waals surface area contributed by atoms with Crippen molar-refractivity contribution in [2.24, 2.45) is 5.73 Å². The van der Waals surface area contributed by atoms with Crippen LogP contribution in [-0.4, -0.2) is 11.8 Å². The van der Waals surface area contributed by atoms with E-state index in [-0.39, 0.29) is 11.8 Å². The summed E-state index contributed by atoms with van der Waals surface area (Å²) in [6, 6.07) is 27.1. The maximum Gasteiger partial charge on any atom is 0.262 e. The lowest BCUT2D eigenvalue weighted by molar-refractivity contribution is -0.118. The summed E-state index contributed by atoms with van der Waals surface area (Å²) in [6.07, 6.45) is 0. The number of nitrogens with two attached hydrogens (primary N) is 1. The van der Waals surface area contributed by atoms with Gasteiger partial charge in [0, 0.05) is 17.1 Å². The second-order valence-electron chi connectivity index (χ2n) is 8.05. The molecule has 0 fully saturated rings. The van der Waals surface area contributed by atoms with Crippen LogP contribution in [0.15, 0.2) is 91.0 Å². The number of carbonyl (C=O) groups excluding carboxylic acids is 2. The van der Waals surface area contributed by atoms with Crippen molar-refractivity contribution in [1.82, 2.24) is 5.32 Å². The summed E-state index contributed by atoms with van der Waals surface area (Å²) in [5.74, 6) is 0.0229. The third kappa shape index (κ3) is 6.56. The molecule has 0 saturated heterocycles. The van der Waals surface area contributed by atoms with Crippen LogP contribution in [0, 0.1) is 6.92 Å². The van der Waals surface area contributed by atoms with Crippen molar-refractivity contribution >= 4 is 28.8 Å². The predicted molar refractivity (Wildman–Crippen MR) is 139 cm³/mol. The molecule has 1 atom stereocenters. The Labute approximate surface area is 208 Å². The fourth-order valence-electron chi connectivity index (χ4n) is 3.55. The van der Waals surface area contributed by atoms with Crippen LogP contribution in [0.5, 0.6) is 5.75 Å². The summed E-state index contributed by atoms with van der Waals surface area (Å²) >= 11 is 1.38. The minimum Gasteiger partial charge on any atom is -0.489 e. The molecule has 0 bridgehead atoms. The lowest BCUT2D eigenvalue weighted by Gasteiger charge is -2.19. The van der Waals surface area contributed by atoms with E-state index in [4.69, 9.17) is 10.5 Å². The fourth-order valence-corrected chi connectivity index (χ4v) is 4.32. The number of carbonyl (C=O) groups is 2. The molecule has 1 aromatic heterocycles. The van der Waals surface area contributed by atoms with Crippen LogP contribution in [0.1, 0.15) is 37.3 Å². The summed E-state index contributed by atoms with van der Waals surface area (Å²) in [5.41, 5.74) is 8.95. The van der Waals surface area contributed by atoms with Crippen LogP contribution in [0.3, 0.4) is 0 Å². The number of aryl methyl sites for hydroxylation is 1. The SMILES string of the molecule is Cc1ccc(C(=O)N[C@H](C(=O)Nc2cccc(CN)c2)c2ccc(OCc3ccccc3)cc2)s1. The molecule has 0 saturated carbocycles. The molecular formula is C28H27N3O3S. The van der Waals surface area contributed by atoms with E-state index in [0.717, 1.165) is 16.0 Å². The van der Waals surface area contributed by atoms with Gasteiger partial charge in [0.15, 0.2) is 0 Å². The lowest BCUT2D eigenvalue weighted by Crippen LogP contribution is -2.36. The minimum absolute atomic E-state index is 0.302. The van der Waals surface area contributed by atoms with Crippen molar-refractivity contribution in [1.29, 1.82) is 0 Å². The monoisotopic (exact) mass is 485 g/mol. The zero-order valence-corrected chi connectivity index (χ0v) is 20.2. The second kappa shape index (κ2) is 11.5. The number of nitrogens with one attached hydrogen (secondary N) is 2. The van der Waals surface area contributed by atoms with Gasteiger partial charge in [-0.05, 0) is 60.0 Å². The average Bonchev–Trinajstić information content (AvgIpc) is 3.33. The van der Waals surface area contributed by atoms with Crippen molar-refractivity contribution in [2.45, 2.75) is 26.1 Å². The van der Waals surface area contributed by atoms with Crippen molar-refractivity contribution in [3.63, 3.8) is 0 Å². The standard InChI is InChI=1S/C28H27N3O3S/c1-19-10-15-25(35-19)27(32)31-26(28(33)30-23-9-5-8-21(16-23)17-29)22-11-13-24(14-12-22)34-18-20-6-3-2-4-7-20/h2-16,26H,17-18,29H2,1H3,(H,30,33)(H,31,32)/t26-/m0/s1. The van der Waals surface area contributed by atoms with E-state index in [9.17, 15) is 9.59 Å². The first-order valence-corrected chi connectivity index (χ1v) is 12.1. The first-order chi connectivity index (χ1) is 17.0. The number of amides is 2. The van der Waals surface area contributed by atoms with E-state index >= 15 is 0 Å². The van der Waals surface area contributed by atoms with E-state index in [2.05, 4.69) is 10.6 Å². The van der Waals surface area contributed by atoms with Gasteiger partial charge in [0.2, 0.25) is 0 Å². The van der Waals surface area contributed by atoms with Crippen molar-refractivity contribution < 1.29 is 14.3 Å². The molecular weight excluding hydrogens is 458 g/mol. The number of hydrogen-bond acceptors (Lipinski definition) is 5. The topological polar surface area (TPSA) is 93.5 Å². The number of thiophene rings is 1. The molecule has 2 amide bonds. The summed E-state index contributed by atoms with van der Waals surface area (Å²) < 4.78 is 5.86. The van der Waals surface area contributed by atoms with Gasteiger partial charge in [0.25, 0.3) is 11.8 Å². The molecule has 6 nitrogen and oxygen atoms in total. The van der Waals surface area contributed by atoms with E-state index in [1.54, 1.807) is 36.4 Å². The normalized spacial score (nSPS) is 11.5. The number of hydrogen-bond donors (Lipinski definition) is 3. The molecule has 1 heterocycles. The van der Waals surface area contributed by atoms with Gasteiger partial charge in [-0.2, -0.15) is 0 Å². The Morgan fingerprint density at radius 2 is 1.66 bits per heavy atom. The summed E-state index contributed by atoms with van der Waals surface area (Å²) in [5, 5.41) is 5.78. The Morgan fingerprint density at radius 3 is 2.34 bits per heavy atom. The predicted octanol–water partition coefficient (Wildman–Crippen LogP) is 5.20. The van der Waals surface area contributed by atoms with Gasteiger partial charge in [-0.3, -0.25) is 9.59 Å². The van der Waals surface area contributed by atoms with Gasteiger partial charge in [-0.1, -0.05) is 54.6 Å². The Morgan fingerprint density at radius 1 is 0.914 bits per heavy atom. The second-order valence-corrected chi connectivity index (χ2v) is 9.34. The zero-order chi connectivity index (χ0) is 24.6. The van der Waals surface area contributed by atoms with Crippen LogP contribution < -0.4 is 21.1 Å². The third-order valence-corrected chi connectivity index (χ3v) is 6.39. The largest absolute Gasteiger partial charge is 0.489 e. The van der Waals surface area contributed by atoms with Gasteiger partial charge in [0.05, 0.1) is 4.88 Å². The average molecular weight is 486 g/mol. The summed E-state index contributed by atoms with van der Waals surface area (Å²) in [6.45, 7) is 2.74. The molecule has 4 N–H and O–H groups in total. The maximum absolute atomic E-state index is 13.3. The smallest absolute Gasteiger partial charge is 0.262 e. The van der Waals surface area contributed by atoms with E-state index in [0.29, 0.717) is 35.0 Å². The van der Waals surface area contributed by atoms with E-state index in [1.165, 1.54) is 11.3 Å². The van der Waals surface area contributed by atoms with Crippen LogP contribution in [0.2, 0.25) is 0 Å². The third-order valence-electron chi connectivity index (χ3n) is 5.39. The van der Waals surface area contributed by atoms with Gasteiger partial charge in [-0.25, -0.2) is 0 Å². The van der Waals surface area contributed by atoms with Gasteiger partial charge >= 0.3 is 0 Å². The minimum atomic E-state index is -0.894. The first-order valence-electron chi connectivity index (χ1n) is 11.3. The molecule has 0 unspecified atom stereocenters. The van der Waals surface area contributed by atoms with Crippen molar-refractivity contribution in [3.05, 3.63) is 117 Å². The molecule has 0 spiro atoms. The first kappa shape index (κ1) is 24.2. The highest BCUT2D eigenvalue weighted by molar-refractivity contribution is 7.13. The number of anilines is 1. The Hall–Kier alpha value is -3.94. The van der Waals surface area contributed by atoms with Crippen LogP contribution in [0.25, 0.3) is 0 Å². The van der Waals surface area contributed by atoms with Gasteiger partial charge in [0.1, 0.15) is 18.4 Å². The molecule has 0 aliphatic rings. The molecule has 7 heteroatoms. The summed E-state index contributed by atoms with van der Waals surface area (Å²) in [7, 11) is 0. The summed E-state index contributed by atoms with van der Waals surface area (Å²) in [4.78, 5) is 27.8. The van der Waals surface area contributed by atoms with Gasteiger partial charge < -0.3 is 21.1 Å². The Kier molecular flexibility index (Phi) is 7.92. The molecule has 178 valence electrons. The molecule has 0 aliphatic heterocycles. The number of ether oxygens (including phenoxy) is 1. The van der Waals surface area contributed by atoms with Crippen molar-refractivity contribution in [3.8, 4) is 5.75 Å². The van der Waals surface area contributed by atoms with Crippen LogP contribution >= 0.6 is 11.3 Å². The van der Waals surface area contributed by atoms with Gasteiger partial charge in [-0.15, -0.1) is 11.3 Å². The maximum atomic E-state index is 13.3. The lowest BCUT2D eigenvalue weighted by atomic mass is 10.1. The molecule has 3 aromatic carbocycles. The van der Waals surface area contributed by atoms with E-state index < -0.39 is 6.04 Å². The van der Waals surface area contributed by atoms with Crippen LogP contribution in [0.4, 0.5) is 5.69 Å². The Balaban J connectivity index is 1.52. The molecule has 4 rings (SSSR count). The molecule has 35 heavy (non-hydrogen) atoms.